The van der Waals surface area contributed by atoms with Crippen molar-refractivity contribution in [3.63, 3.8) is 0 Å². The number of para-hydroxylation sites is 1. The monoisotopic (exact) mass is 357 g/mol. The van der Waals surface area contributed by atoms with Gasteiger partial charge in [0.15, 0.2) is 0 Å². The van der Waals surface area contributed by atoms with Gasteiger partial charge in [-0.25, -0.2) is 4.68 Å². The van der Waals surface area contributed by atoms with Crippen LogP contribution in [0.15, 0.2) is 40.1 Å². The number of nitrogens with zero attached hydrogens (tertiary/aromatic N) is 2. The molecule has 1 saturated heterocycles. The maximum absolute atomic E-state index is 13.0. The highest BCUT2D eigenvalue weighted by molar-refractivity contribution is 6.00. The fourth-order valence-electron chi connectivity index (χ4n) is 3.07. The zero-order valence-electron chi connectivity index (χ0n) is 15.0. The minimum Gasteiger partial charge on any atom is -0.469 e. The third-order valence-corrected chi connectivity index (χ3v) is 4.45. The maximum Gasteiger partial charge on any atom is 0.311 e. The molecule has 0 amide bonds. The molecule has 26 heavy (non-hydrogen) atoms. The first-order valence-electron chi connectivity index (χ1n) is 8.69. The number of aliphatic imine (C=N–C) groups is 1. The van der Waals surface area contributed by atoms with Crippen LogP contribution in [-0.4, -0.2) is 47.8 Å². The lowest BCUT2D eigenvalue weighted by Crippen LogP contribution is -2.21. The minimum absolute atomic E-state index is 0.0201. The highest BCUT2D eigenvalue weighted by atomic mass is 16.5. The Kier molecular flexibility index (Phi) is 5.68. The molecule has 1 fully saturated rings. The standard InChI is InChI=1S/C19H23N3O4/c1-13(20-12-15-9-6-10-26-15)18-16(11-17(23)25-2)21-22(19(18)24)14-7-4-3-5-8-14/h3-5,7-8,15,21H,6,9-12H2,1-2H3/t15-/m0/s1. The quantitative estimate of drug-likeness (QED) is 0.632. The molecule has 7 heteroatoms. The van der Waals surface area contributed by atoms with E-state index in [9.17, 15) is 9.59 Å². The van der Waals surface area contributed by atoms with Crippen molar-refractivity contribution in [3.05, 3.63) is 51.9 Å². The van der Waals surface area contributed by atoms with Gasteiger partial charge in [-0.15, -0.1) is 0 Å². The van der Waals surface area contributed by atoms with E-state index in [0.29, 0.717) is 29.2 Å². The normalized spacial score (nSPS) is 17.5. The Balaban J connectivity index is 1.97. The third kappa shape index (κ3) is 3.94. The van der Waals surface area contributed by atoms with Crippen LogP contribution in [0.25, 0.3) is 5.69 Å². The van der Waals surface area contributed by atoms with Crippen molar-refractivity contribution in [3.8, 4) is 5.69 Å². The number of benzene rings is 1. The van der Waals surface area contributed by atoms with Crippen molar-refractivity contribution in [1.29, 1.82) is 0 Å². The fraction of sp³-hybridized carbons (Fsp3) is 0.421. The van der Waals surface area contributed by atoms with Crippen molar-refractivity contribution in [2.45, 2.75) is 32.3 Å². The highest BCUT2D eigenvalue weighted by Crippen LogP contribution is 2.14. The van der Waals surface area contributed by atoms with Crippen LogP contribution >= 0.6 is 0 Å². The van der Waals surface area contributed by atoms with Crippen LogP contribution in [0, 0.1) is 0 Å². The first-order chi connectivity index (χ1) is 12.6. The molecule has 2 heterocycles. The number of hydrogen-bond donors (Lipinski definition) is 1. The molecule has 1 aromatic carbocycles. The van der Waals surface area contributed by atoms with Gasteiger partial charge < -0.3 is 9.47 Å². The second-order valence-corrected chi connectivity index (χ2v) is 6.26. The van der Waals surface area contributed by atoms with Gasteiger partial charge in [0.1, 0.15) is 0 Å². The van der Waals surface area contributed by atoms with E-state index in [2.05, 4.69) is 10.1 Å². The first kappa shape index (κ1) is 18.1. The van der Waals surface area contributed by atoms with Crippen molar-refractivity contribution < 1.29 is 14.3 Å². The molecule has 2 aromatic rings. The van der Waals surface area contributed by atoms with E-state index < -0.39 is 5.97 Å². The van der Waals surface area contributed by atoms with E-state index in [1.165, 1.54) is 11.8 Å². The number of hydrogen-bond acceptors (Lipinski definition) is 5. The molecule has 0 saturated carbocycles. The minimum atomic E-state index is -0.417. The Bertz CT molecular complexity index is 845. The Labute approximate surface area is 151 Å². The zero-order valence-corrected chi connectivity index (χ0v) is 15.0. The van der Waals surface area contributed by atoms with Crippen LogP contribution < -0.4 is 5.56 Å². The summed E-state index contributed by atoms with van der Waals surface area (Å²) in [6.45, 7) is 3.06. The van der Waals surface area contributed by atoms with Gasteiger partial charge in [0.2, 0.25) is 0 Å². The van der Waals surface area contributed by atoms with Crippen molar-refractivity contribution in [2.24, 2.45) is 4.99 Å². The van der Waals surface area contributed by atoms with Crippen molar-refractivity contribution >= 4 is 11.7 Å². The van der Waals surface area contributed by atoms with Crippen LogP contribution in [0.1, 0.15) is 31.0 Å². The summed E-state index contributed by atoms with van der Waals surface area (Å²) in [5, 5.41) is 3.03. The van der Waals surface area contributed by atoms with Gasteiger partial charge in [-0.05, 0) is 31.9 Å². The Morgan fingerprint density at radius 3 is 2.81 bits per heavy atom. The van der Waals surface area contributed by atoms with Gasteiger partial charge in [0, 0.05) is 12.3 Å². The summed E-state index contributed by atoms with van der Waals surface area (Å²) in [6.07, 6.45) is 2.10. The SMILES string of the molecule is COC(=O)Cc1[nH]n(-c2ccccc2)c(=O)c1C(C)=NC[C@@H]1CCCO1. The molecule has 1 aromatic heterocycles. The summed E-state index contributed by atoms with van der Waals surface area (Å²) < 4.78 is 11.8. The maximum atomic E-state index is 13.0. The zero-order chi connectivity index (χ0) is 18.5. The molecule has 1 N–H and O–H groups in total. The van der Waals surface area contributed by atoms with Crippen molar-refractivity contribution in [1.82, 2.24) is 9.78 Å². The van der Waals surface area contributed by atoms with Crippen LogP contribution in [-0.2, 0) is 20.7 Å². The van der Waals surface area contributed by atoms with Crippen molar-refractivity contribution in [2.75, 3.05) is 20.3 Å². The summed E-state index contributed by atoms with van der Waals surface area (Å²) in [5.74, 6) is -0.417. The lowest BCUT2D eigenvalue weighted by Gasteiger charge is -2.06. The smallest absolute Gasteiger partial charge is 0.311 e. The first-order valence-corrected chi connectivity index (χ1v) is 8.69. The van der Waals surface area contributed by atoms with E-state index in [1.54, 1.807) is 6.92 Å². The third-order valence-electron chi connectivity index (χ3n) is 4.45. The van der Waals surface area contributed by atoms with E-state index >= 15 is 0 Å². The van der Waals surface area contributed by atoms with E-state index in [0.717, 1.165) is 19.4 Å². The second kappa shape index (κ2) is 8.14. The number of rotatable bonds is 6. The molecule has 0 aliphatic carbocycles. The number of carbonyl (C=O) groups excluding carboxylic acids is 1. The molecule has 1 atom stereocenters. The number of carbonyl (C=O) groups is 1. The highest BCUT2D eigenvalue weighted by Gasteiger charge is 2.21. The summed E-state index contributed by atoms with van der Waals surface area (Å²) in [6, 6.07) is 9.22. The summed E-state index contributed by atoms with van der Waals surface area (Å²) >= 11 is 0. The molecular weight excluding hydrogens is 334 g/mol. The second-order valence-electron chi connectivity index (χ2n) is 6.26. The van der Waals surface area contributed by atoms with Gasteiger partial charge in [0.05, 0.1) is 43.1 Å². The number of ether oxygens (including phenoxy) is 2. The molecule has 1 aliphatic heterocycles. The van der Waals surface area contributed by atoms with Crippen LogP contribution in [0.2, 0.25) is 0 Å². The Hall–Kier alpha value is -2.67. The van der Waals surface area contributed by atoms with Gasteiger partial charge in [-0.2, -0.15) is 0 Å². The van der Waals surface area contributed by atoms with Gasteiger partial charge in [-0.3, -0.25) is 19.7 Å². The predicted octanol–water partition coefficient (Wildman–Crippen LogP) is 1.87. The molecule has 138 valence electrons. The molecule has 0 unspecified atom stereocenters. The van der Waals surface area contributed by atoms with Gasteiger partial charge >= 0.3 is 5.97 Å². The topological polar surface area (TPSA) is 85.7 Å². The Morgan fingerprint density at radius 1 is 1.38 bits per heavy atom. The summed E-state index contributed by atoms with van der Waals surface area (Å²) in [7, 11) is 1.33. The number of H-pyrrole nitrogens is 1. The molecular formula is C19H23N3O4. The number of methoxy groups -OCH3 is 1. The number of esters is 1. The summed E-state index contributed by atoms with van der Waals surface area (Å²) in [5.41, 5.74) is 1.97. The lowest BCUT2D eigenvalue weighted by molar-refractivity contribution is -0.139. The number of aromatic nitrogens is 2. The van der Waals surface area contributed by atoms with E-state index in [-0.39, 0.29) is 18.1 Å². The van der Waals surface area contributed by atoms with Crippen LogP contribution in [0.5, 0.6) is 0 Å². The average molecular weight is 357 g/mol. The van der Waals surface area contributed by atoms with Gasteiger partial charge in [0.25, 0.3) is 5.56 Å². The molecule has 0 radical (unpaired) electrons. The molecule has 0 bridgehead atoms. The van der Waals surface area contributed by atoms with Crippen LogP contribution in [0.4, 0.5) is 0 Å². The molecule has 0 spiro atoms. The van der Waals surface area contributed by atoms with E-state index in [4.69, 9.17) is 9.47 Å². The average Bonchev–Trinajstić information content (AvgIpc) is 3.28. The number of nitrogens with one attached hydrogen (secondary N) is 1. The van der Waals surface area contributed by atoms with Gasteiger partial charge in [-0.1, -0.05) is 18.2 Å². The van der Waals surface area contributed by atoms with E-state index in [1.807, 2.05) is 30.3 Å². The number of aromatic amines is 1. The molecule has 1 aliphatic rings. The fourth-order valence-corrected chi connectivity index (χ4v) is 3.07. The summed E-state index contributed by atoms with van der Waals surface area (Å²) in [4.78, 5) is 29.3. The predicted molar refractivity (Wildman–Crippen MR) is 98.2 cm³/mol. The Morgan fingerprint density at radius 2 is 2.15 bits per heavy atom. The molecule has 7 nitrogen and oxygen atoms in total. The lowest BCUT2D eigenvalue weighted by atomic mass is 10.1. The largest absolute Gasteiger partial charge is 0.469 e. The molecule has 3 rings (SSSR count). The van der Waals surface area contributed by atoms with Crippen LogP contribution in [0.3, 0.4) is 0 Å².